The van der Waals surface area contributed by atoms with Crippen molar-refractivity contribution in [3.8, 4) is 0 Å². The molecule has 0 fully saturated rings. The Morgan fingerprint density at radius 3 is 2.35 bits per heavy atom. The van der Waals surface area contributed by atoms with Gasteiger partial charge in [0.25, 0.3) is 0 Å². The van der Waals surface area contributed by atoms with Gasteiger partial charge in [-0.1, -0.05) is 12.1 Å². The van der Waals surface area contributed by atoms with Crippen molar-refractivity contribution in [2.75, 3.05) is 6.61 Å². The lowest BCUT2D eigenvalue weighted by Gasteiger charge is -2.25. The smallest absolute Gasteiger partial charge is 0.139 e. The molecular weight excluding hydrogens is 271 g/mol. The normalized spacial score (nSPS) is 18.4. The van der Waals surface area contributed by atoms with Crippen LogP contribution in [0.3, 0.4) is 0 Å². The summed E-state index contributed by atoms with van der Waals surface area (Å²) in [7, 11) is 0. The van der Waals surface area contributed by atoms with E-state index in [1.165, 1.54) is 18.2 Å². The Morgan fingerprint density at radius 2 is 1.80 bits per heavy atom. The van der Waals surface area contributed by atoms with Crippen LogP contribution in [-0.4, -0.2) is 61.7 Å². The standard InChI is InChI=1S/C13H17FO6/c14-8-3-1-2-7(4-8)5-9(16)11(18)13(20)12(19)10(17)6-15/h1-5,10-13,15-20H,6H2/t10-,11-,12-,13-/m1/s1. The van der Waals surface area contributed by atoms with Gasteiger partial charge in [0.1, 0.15) is 36.0 Å². The highest BCUT2D eigenvalue weighted by molar-refractivity contribution is 5.51. The van der Waals surface area contributed by atoms with Crippen molar-refractivity contribution in [1.29, 1.82) is 0 Å². The van der Waals surface area contributed by atoms with Crippen LogP contribution >= 0.6 is 0 Å². The van der Waals surface area contributed by atoms with E-state index < -0.39 is 42.6 Å². The van der Waals surface area contributed by atoms with Gasteiger partial charge in [0.2, 0.25) is 0 Å². The van der Waals surface area contributed by atoms with Gasteiger partial charge in [-0.25, -0.2) is 4.39 Å². The number of halogens is 1. The van der Waals surface area contributed by atoms with E-state index in [2.05, 4.69) is 0 Å². The quantitative estimate of drug-likeness (QED) is 0.380. The van der Waals surface area contributed by atoms with Gasteiger partial charge in [0.05, 0.1) is 6.61 Å². The molecule has 20 heavy (non-hydrogen) atoms. The summed E-state index contributed by atoms with van der Waals surface area (Å²) in [5.41, 5.74) is 0.242. The fourth-order valence-electron chi connectivity index (χ4n) is 1.55. The van der Waals surface area contributed by atoms with Gasteiger partial charge < -0.3 is 30.6 Å². The van der Waals surface area contributed by atoms with Gasteiger partial charge >= 0.3 is 0 Å². The summed E-state index contributed by atoms with van der Waals surface area (Å²) in [6.07, 6.45) is -6.31. The van der Waals surface area contributed by atoms with Gasteiger partial charge in [-0.3, -0.25) is 0 Å². The highest BCUT2D eigenvalue weighted by Gasteiger charge is 2.32. The molecule has 7 heteroatoms. The SMILES string of the molecule is OC[C@@H](O)[C@@H](O)[C@H](O)[C@H](O)C(O)=Cc1cccc(F)c1. The summed E-state index contributed by atoms with van der Waals surface area (Å²) in [6.45, 7) is -0.820. The van der Waals surface area contributed by atoms with Crippen molar-refractivity contribution in [2.24, 2.45) is 0 Å². The van der Waals surface area contributed by atoms with Gasteiger partial charge in [0, 0.05) is 0 Å². The molecule has 0 aliphatic heterocycles. The van der Waals surface area contributed by atoms with E-state index in [4.69, 9.17) is 10.2 Å². The molecule has 0 radical (unpaired) electrons. The zero-order valence-corrected chi connectivity index (χ0v) is 10.5. The highest BCUT2D eigenvalue weighted by atomic mass is 19.1. The summed E-state index contributed by atoms with van der Waals surface area (Å²) >= 11 is 0. The average Bonchev–Trinajstić information content (AvgIpc) is 2.43. The molecule has 0 unspecified atom stereocenters. The number of benzene rings is 1. The highest BCUT2D eigenvalue weighted by Crippen LogP contribution is 2.14. The van der Waals surface area contributed by atoms with E-state index in [0.717, 1.165) is 12.1 Å². The second kappa shape index (κ2) is 7.32. The summed E-state index contributed by atoms with van der Waals surface area (Å²) in [4.78, 5) is 0. The molecule has 1 rings (SSSR count). The van der Waals surface area contributed by atoms with Crippen LogP contribution in [0.25, 0.3) is 6.08 Å². The van der Waals surface area contributed by atoms with Crippen molar-refractivity contribution >= 4 is 6.08 Å². The molecule has 0 aliphatic carbocycles. The lowest BCUT2D eigenvalue weighted by molar-refractivity contribution is -0.112. The molecule has 6 N–H and O–H groups in total. The lowest BCUT2D eigenvalue weighted by Crippen LogP contribution is -2.46. The molecular formula is C13H17FO6. The van der Waals surface area contributed by atoms with Gasteiger partial charge in [-0.05, 0) is 23.8 Å². The van der Waals surface area contributed by atoms with Crippen molar-refractivity contribution in [2.45, 2.75) is 24.4 Å². The third kappa shape index (κ3) is 4.26. The second-order valence-electron chi connectivity index (χ2n) is 4.30. The summed E-state index contributed by atoms with van der Waals surface area (Å²) in [6, 6.07) is 5.13. The Morgan fingerprint density at radius 1 is 1.15 bits per heavy atom. The molecule has 4 atom stereocenters. The van der Waals surface area contributed by atoms with Crippen LogP contribution in [-0.2, 0) is 0 Å². The third-order valence-electron chi connectivity index (χ3n) is 2.72. The second-order valence-corrected chi connectivity index (χ2v) is 4.30. The number of hydrogen-bond donors (Lipinski definition) is 6. The van der Waals surface area contributed by atoms with E-state index >= 15 is 0 Å². The molecule has 0 amide bonds. The molecule has 1 aromatic rings. The first-order chi connectivity index (χ1) is 9.36. The topological polar surface area (TPSA) is 121 Å². The molecule has 112 valence electrons. The van der Waals surface area contributed by atoms with Crippen molar-refractivity contribution in [3.05, 3.63) is 41.4 Å². The van der Waals surface area contributed by atoms with Crippen molar-refractivity contribution in [1.82, 2.24) is 0 Å². The fourth-order valence-corrected chi connectivity index (χ4v) is 1.55. The number of aliphatic hydroxyl groups excluding tert-OH is 6. The lowest BCUT2D eigenvalue weighted by atomic mass is 10.0. The van der Waals surface area contributed by atoms with Crippen LogP contribution < -0.4 is 0 Å². The van der Waals surface area contributed by atoms with E-state index in [0.29, 0.717) is 0 Å². The first kappa shape index (κ1) is 16.5. The predicted octanol–water partition coefficient (Wildman–Crippen LogP) is -0.839. The van der Waals surface area contributed by atoms with Gasteiger partial charge in [-0.15, -0.1) is 0 Å². The molecule has 0 saturated carbocycles. The Hall–Kier alpha value is -1.51. The zero-order chi connectivity index (χ0) is 15.3. The molecule has 6 nitrogen and oxygen atoms in total. The minimum Gasteiger partial charge on any atom is -0.509 e. The first-order valence-electron chi connectivity index (χ1n) is 5.86. The minimum absolute atomic E-state index is 0.242. The molecule has 0 aliphatic rings. The fraction of sp³-hybridized carbons (Fsp3) is 0.385. The molecule has 1 aromatic carbocycles. The van der Waals surface area contributed by atoms with Gasteiger partial charge in [-0.2, -0.15) is 0 Å². The van der Waals surface area contributed by atoms with Crippen LogP contribution in [0.1, 0.15) is 5.56 Å². The van der Waals surface area contributed by atoms with E-state index in [1.807, 2.05) is 0 Å². The largest absolute Gasteiger partial charge is 0.509 e. The maximum Gasteiger partial charge on any atom is 0.139 e. The molecule has 0 spiro atoms. The molecule has 0 bridgehead atoms. The Balaban J connectivity index is 2.82. The van der Waals surface area contributed by atoms with E-state index in [1.54, 1.807) is 0 Å². The monoisotopic (exact) mass is 288 g/mol. The third-order valence-corrected chi connectivity index (χ3v) is 2.72. The van der Waals surface area contributed by atoms with Crippen molar-refractivity contribution in [3.63, 3.8) is 0 Å². The van der Waals surface area contributed by atoms with E-state index in [9.17, 15) is 24.8 Å². The summed E-state index contributed by atoms with van der Waals surface area (Å²) in [5.74, 6) is -1.26. The van der Waals surface area contributed by atoms with Crippen molar-refractivity contribution < 1.29 is 35.0 Å². The summed E-state index contributed by atoms with van der Waals surface area (Å²) < 4.78 is 12.9. The van der Waals surface area contributed by atoms with E-state index in [-0.39, 0.29) is 5.56 Å². The minimum atomic E-state index is -1.91. The van der Waals surface area contributed by atoms with Crippen LogP contribution in [0.4, 0.5) is 4.39 Å². The summed E-state index contributed by atoms with van der Waals surface area (Å²) in [5, 5.41) is 55.9. The Kier molecular flexibility index (Phi) is 6.05. The first-order valence-corrected chi connectivity index (χ1v) is 5.86. The Bertz CT molecular complexity index is 464. The van der Waals surface area contributed by atoms with Gasteiger partial charge in [0.15, 0.2) is 0 Å². The van der Waals surface area contributed by atoms with Crippen LogP contribution in [0.5, 0.6) is 0 Å². The zero-order valence-electron chi connectivity index (χ0n) is 10.5. The Labute approximate surface area is 114 Å². The maximum atomic E-state index is 12.9. The number of aliphatic hydroxyl groups is 6. The van der Waals surface area contributed by atoms with Crippen LogP contribution in [0.15, 0.2) is 30.0 Å². The maximum absolute atomic E-state index is 12.9. The van der Waals surface area contributed by atoms with Crippen LogP contribution in [0.2, 0.25) is 0 Å². The number of rotatable bonds is 6. The molecule has 0 saturated heterocycles. The molecule has 0 heterocycles. The van der Waals surface area contributed by atoms with Crippen LogP contribution in [0, 0.1) is 5.82 Å². The average molecular weight is 288 g/mol. The predicted molar refractivity (Wildman–Crippen MR) is 68.1 cm³/mol. The molecule has 0 aromatic heterocycles. The number of hydrogen-bond acceptors (Lipinski definition) is 6.